The number of anilines is 1. The molecule has 0 radical (unpaired) electrons. The van der Waals surface area contributed by atoms with Crippen LogP contribution in [0.1, 0.15) is 0 Å². The molecule has 3 N–H and O–H groups in total. The fourth-order valence-corrected chi connectivity index (χ4v) is 0.602. The molecule has 0 saturated heterocycles. The maximum Gasteiger partial charge on any atom is 0.143 e. The van der Waals surface area contributed by atoms with E-state index >= 15 is 0 Å². The molecule has 0 aliphatic rings. The van der Waals surface area contributed by atoms with E-state index in [1.165, 1.54) is 0 Å². The third kappa shape index (κ3) is 0.639. The molecule has 0 saturated carbocycles. The van der Waals surface area contributed by atoms with Crippen molar-refractivity contribution in [2.45, 2.75) is 0 Å². The van der Waals surface area contributed by atoms with E-state index in [4.69, 9.17) is 5.73 Å². The summed E-state index contributed by atoms with van der Waals surface area (Å²) in [5.74, 6) is 0.645. The van der Waals surface area contributed by atoms with Crippen LogP contribution in [-0.4, -0.2) is 20.4 Å². The summed E-state index contributed by atoms with van der Waals surface area (Å²) in [6.07, 6.45) is 1.82. The van der Waals surface area contributed by atoms with E-state index < -0.39 is 0 Å². The number of rotatable bonds is 0. The third-order valence-electron chi connectivity index (χ3n) is 0.870. The minimum atomic E-state index is 0.645. The predicted octanol–water partition coefficient (Wildman–Crippen LogP) is -2.02. The van der Waals surface area contributed by atoms with Crippen molar-refractivity contribution in [3.8, 4) is 0 Å². The smallest absolute Gasteiger partial charge is 0.143 e. The number of aromatic amines is 1. The fraction of sp³-hybridized carbons (Fsp3) is 0. The van der Waals surface area contributed by atoms with Gasteiger partial charge in [-0.05, 0) is 5.19 Å². The van der Waals surface area contributed by atoms with E-state index in [0.717, 1.165) is 15.4 Å². The summed E-state index contributed by atoms with van der Waals surface area (Å²) in [6, 6.07) is 0. The molecule has 0 spiro atoms. The van der Waals surface area contributed by atoms with Crippen LogP contribution in [-0.2, 0) is 0 Å². The van der Waals surface area contributed by atoms with Crippen molar-refractivity contribution in [2.24, 2.45) is 0 Å². The second kappa shape index (κ2) is 1.38. The summed E-state index contributed by atoms with van der Waals surface area (Å²) in [5.41, 5.74) is 5.33. The molecule has 0 unspecified atom stereocenters. The van der Waals surface area contributed by atoms with Crippen molar-refractivity contribution in [3.63, 3.8) is 0 Å². The average molecular weight is 113 g/mol. The second-order valence-electron chi connectivity index (χ2n) is 1.45. The first kappa shape index (κ1) is 4.39. The highest BCUT2D eigenvalue weighted by Crippen LogP contribution is 1.80. The number of nitrogens with zero attached hydrogens (tertiary/aromatic N) is 1. The lowest BCUT2D eigenvalue weighted by Crippen LogP contribution is -2.04. The van der Waals surface area contributed by atoms with Gasteiger partial charge in [0.15, 0.2) is 0 Å². The van der Waals surface area contributed by atoms with Gasteiger partial charge >= 0.3 is 0 Å². The van der Waals surface area contributed by atoms with E-state index in [9.17, 15) is 0 Å². The van der Waals surface area contributed by atoms with Gasteiger partial charge in [-0.1, -0.05) is 0 Å². The van der Waals surface area contributed by atoms with Crippen LogP contribution in [0.3, 0.4) is 0 Å². The van der Waals surface area contributed by atoms with Crippen LogP contribution in [0.25, 0.3) is 0 Å². The Bertz CT molecular complexity index is 142. The van der Waals surface area contributed by atoms with E-state index in [1.54, 1.807) is 0 Å². The Kier molecular flexibility index (Phi) is 0.865. The molecule has 3 nitrogen and oxygen atoms in total. The van der Waals surface area contributed by atoms with Gasteiger partial charge < -0.3 is 5.73 Å². The molecule has 38 valence electrons. The second-order valence-corrected chi connectivity index (χ2v) is 2.53. The van der Waals surface area contributed by atoms with Gasteiger partial charge in [0.05, 0.1) is 0 Å². The zero-order chi connectivity index (χ0) is 5.28. The summed E-state index contributed by atoms with van der Waals surface area (Å²) >= 11 is 0. The SMILES string of the molecule is Nc1n[nH]cc1[SiH3]. The molecule has 0 aliphatic carbocycles. The molecule has 4 heteroatoms. The van der Waals surface area contributed by atoms with Crippen LogP contribution < -0.4 is 10.9 Å². The van der Waals surface area contributed by atoms with E-state index in [0.29, 0.717) is 5.82 Å². The molecule has 1 heterocycles. The fourth-order valence-electron chi connectivity index (χ4n) is 0.361. The number of hydrogen-bond donors (Lipinski definition) is 2. The molecule has 0 aromatic carbocycles. The first-order valence-electron chi connectivity index (χ1n) is 2.06. The molecule has 0 fully saturated rings. The van der Waals surface area contributed by atoms with Crippen LogP contribution in [0.2, 0.25) is 0 Å². The minimum Gasteiger partial charge on any atom is -0.382 e. The zero-order valence-corrected chi connectivity index (χ0v) is 6.10. The quantitative estimate of drug-likeness (QED) is 0.382. The zero-order valence-electron chi connectivity index (χ0n) is 4.10. The Labute approximate surface area is 44.3 Å². The Hall–Kier alpha value is -0.773. The van der Waals surface area contributed by atoms with Crippen molar-refractivity contribution in [1.82, 2.24) is 10.2 Å². The van der Waals surface area contributed by atoms with Crippen molar-refractivity contribution in [3.05, 3.63) is 6.20 Å². The molecular formula is C3H7N3Si. The highest BCUT2D eigenvalue weighted by atomic mass is 28.1. The summed E-state index contributed by atoms with van der Waals surface area (Å²) in [6.45, 7) is 0. The lowest BCUT2D eigenvalue weighted by Gasteiger charge is -1.78. The summed E-state index contributed by atoms with van der Waals surface area (Å²) in [4.78, 5) is 0. The van der Waals surface area contributed by atoms with Gasteiger partial charge in [-0.2, -0.15) is 5.10 Å². The highest BCUT2D eigenvalue weighted by molar-refractivity contribution is 6.35. The Balaban J connectivity index is 3.12. The normalized spacial score (nSPS) is 9.71. The van der Waals surface area contributed by atoms with Gasteiger partial charge in [-0.15, -0.1) is 0 Å². The Morgan fingerprint density at radius 2 is 2.57 bits per heavy atom. The van der Waals surface area contributed by atoms with Crippen LogP contribution in [0.15, 0.2) is 6.20 Å². The lowest BCUT2D eigenvalue weighted by molar-refractivity contribution is 1.10. The molecule has 0 aliphatic heterocycles. The van der Waals surface area contributed by atoms with Crippen LogP contribution in [0.5, 0.6) is 0 Å². The van der Waals surface area contributed by atoms with Gasteiger partial charge in [-0.25, -0.2) is 0 Å². The molecule has 0 atom stereocenters. The molecule has 0 amide bonds. The maximum atomic E-state index is 5.33. The van der Waals surface area contributed by atoms with Gasteiger partial charge in [0.2, 0.25) is 0 Å². The summed E-state index contributed by atoms with van der Waals surface area (Å²) < 4.78 is 0. The monoisotopic (exact) mass is 113 g/mol. The molecular weight excluding hydrogens is 106 g/mol. The molecule has 1 rings (SSSR count). The average Bonchev–Trinajstić information content (AvgIpc) is 1.91. The highest BCUT2D eigenvalue weighted by Gasteiger charge is 1.88. The van der Waals surface area contributed by atoms with Gasteiger partial charge in [-0.3, -0.25) is 5.10 Å². The molecule has 0 bridgehead atoms. The summed E-state index contributed by atoms with van der Waals surface area (Å²) in [5, 5.41) is 7.50. The van der Waals surface area contributed by atoms with Crippen molar-refractivity contribution >= 4 is 21.2 Å². The van der Waals surface area contributed by atoms with Gasteiger partial charge in [0.25, 0.3) is 0 Å². The number of aromatic nitrogens is 2. The lowest BCUT2D eigenvalue weighted by atomic mass is 10.7. The Morgan fingerprint density at radius 3 is 2.71 bits per heavy atom. The molecule has 1 aromatic heterocycles. The largest absolute Gasteiger partial charge is 0.382 e. The van der Waals surface area contributed by atoms with Gasteiger partial charge in [0, 0.05) is 16.4 Å². The number of hydrogen-bond acceptors (Lipinski definition) is 2. The molecule has 7 heavy (non-hydrogen) atoms. The van der Waals surface area contributed by atoms with Crippen molar-refractivity contribution < 1.29 is 0 Å². The van der Waals surface area contributed by atoms with E-state index in [2.05, 4.69) is 10.2 Å². The molecule has 1 aromatic rings. The summed E-state index contributed by atoms with van der Waals surface area (Å²) in [7, 11) is 0.980. The number of nitrogens with two attached hydrogens (primary N) is 1. The van der Waals surface area contributed by atoms with E-state index in [-0.39, 0.29) is 0 Å². The number of H-pyrrole nitrogens is 1. The standard InChI is InChI=1S/C3H7N3Si/c4-3-2(7)1-5-6-3/h1H,7H3,(H3,4,5,6). The number of nitrogens with one attached hydrogen (secondary N) is 1. The van der Waals surface area contributed by atoms with E-state index in [1.807, 2.05) is 6.20 Å². The minimum absolute atomic E-state index is 0.645. The van der Waals surface area contributed by atoms with Crippen LogP contribution in [0.4, 0.5) is 5.82 Å². The van der Waals surface area contributed by atoms with Gasteiger partial charge in [0.1, 0.15) is 5.82 Å². The predicted molar refractivity (Wildman–Crippen MR) is 32.6 cm³/mol. The first-order chi connectivity index (χ1) is 3.30. The first-order valence-corrected chi connectivity index (χ1v) is 3.06. The maximum absolute atomic E-state index is 5.33. The van der Waals surface area contributed by atoms with Crippen molar-refractivity contribution in [2.75, 3.05) is 5.73 Å². The van der Waals surface area contributed by atoms with Crippen LogP contribution >= 0.6 is 0 Å². The number of nitrogen functional groups attached to an aromatic ring is 1. The third-order valence-corrected chi connectivity index (χ3v) is 1.67. The Morgan fingerprint density at radius 1 is 1.86 bits per heavy atom. The van der Waals surface area contributed by atoms with Crippen LogP contribution in [0, 0.1) is 0 Å². The topological polar surface area (TPSA) is 54.7 Å². The van der Waals surface area contributed by atoms with Crippen molar-refractivity contribution in [1.29, 1.82) is 0 Å².